The number of aliphatic hydroxyl groups excluding tert-OH is 7. The maximum absolute atomic E-state index is 12.7. The molecule has 0 radical (unpaired) electrons. The second-order valence-corrected chi connectivity index (χ2v) is 43.6. The molecular formula is C101H198NO21P. The van der Waals surface area contributed by atoms with Crippen molar-refractivity contribution < 1.29 is 102 Å². The van der Waals surface area contributed by atoms with Gasteiger partial charge in [0.15, 0.2) is 12.6 Å². The molecule has 0 aromatic heterocycles. The van der Waals surface area contributed by atoms with Crippen molar-refractivity contribution in [3.8, 4) is 0 Å². The van der Waals surface area contributed by atoms with Gasteiger partial charge in [-0.1, -0.05) is 368 Å². The minimum absolute atomic E-state index is 0.0200. The van der Waals surface area contributed by atoms with Crippen LogP contribution in [-0.4, -0.2) is 204 Å². The van der Waals surface area contributed by atoms with Gasteiger partial charge in [-0.2, -0.15) is 0 Å². The van der Waals surface area contributed by atoms with E-state index in [1.807, 2.05) is 0 Å². The Morgan fingerprint density at radius 2 is 0.556 bits per heavy atom. The molecule has 3 saturated heterocycles. The van der Waals surface area contributed by atoms with Crippen LogP contribution in [0.5, 0.6) is 0 Å². The predicted octanol–water partition coefficient (Wildman–Crippen LogP) is 21.3. The lowest BCUT2D eigenvalue weighted by atomic mass is 9.88. The Kier molecular flexibility index (Phi) is 65.8. The fourth-order valence-electron chi connectivity index (χ4n) is 18.6. The molecule has 0 bridgehead atoms. The van der Waals surface area contributed by atoms with Crippen molar-refractivity contribution in [2.75, 3.05) is 72.7 Å². The molecule has 3 aliphatic heterocycles. The predicted molar refractivity (Wildman–Crippen MR) is 501 cm³/mol. The number of phosphoric ester groups is 1. The van der Waals surface area contributed by atoms with Crippen LogP contribution in [-0.2, 0) is 56.3 Å². The molecule has 0 amide bonds. The summed E-state index contributed by atoms with van der Waals surface area (Å²) in [5, 5.41) is 83.0. The molecule has 0 aromatic rings. The number of phosphoric acid groups is 1. The second-order valence-electron chi connectivity index (χ2n) is 42.2. The van der Waals surface area contributed by atoms with Gasteiger partial charge in [0.25, 0.3) is 0 Å². The van der Waals surface area contributed by atoms with Gasteiger partial charge >= 0.3 is 13.8 Å². The number of nitrogens with two attached hydrogens (primary N) is 1. The minimum Gasteiger partial charge on any atom is -0.480 e. The molecule has 0 spiro atoms. The number of hydrogen-bond acceptors (Lipinski definition) is 20. The van der Waals surface area contributed by atoms with Crippen LogP contribution in [0.2, 0.25) is 0 Å². The summed E-state index contributed by atoms with van der Waals surface area (Å²) in [4.78, 5) is 21.6. The molecule has 0 aromatic carbocycles. The topological polar surface area (TPSA) is 335 Å². The Labute approximate surface area is 758 Å². The van der Waals surface area contributed by atoms with E-state index in [2.05, 4.69) is 111 Å². The van der Waals surface area contributed by atoms with Gasteiger partial charge in [0, 0.05) is 26.4 Å². The summed E-state index contributed by atoms with van der Waals surface area (Å²) < 4.78 is 71.5. The van der Waals surface area contributed by atoms with Crippen LogP contribution in [0.1, 0.15) is 393 Å². The molecule has 3 rings (SSSR count). The Hall–Kier alpha value is -1.06. The number of carboxylic acids is 1. The van der Waals surface area contributed by atoms with E-state index in [9.17, 15) is 50.0 Å². The molecule has 22 nitrogen and oxygen atoms in total. The number of carbonyl (C=O) groups is 1. The normalized spacial score (nSPS) is 38.1. The van der Waals surface area contributed by atoms with Gasteiger partial charge in [0.2, 0.25) is 0 Å². The van der Waals surface area contributed by atoms with Crippen molar-refractivity contribution in [2.24, 2.45) is 100 Å². The highest BCUT2D eigenvalue weighted by Gasteiger charge is 2.48. The van der Waals surface area contributed by atoms with Crippen LogP contribution in [0.3, 0.4) is 0 Å². The third kappa shape index (κ3) is 56.8. The number of carboxylic acid groups (broad SMARTS) is 1. The van der Waals surface area contributed by atoms with Crippen molar-refractivity contribution in [1.29, 1.82) is 0 Å². The summed E-state index contributed by atoms with van der Waals surface area (Å²) in [7, 11) is -4.58. The molecule has 19 unspecified atom stereocenters. The van der Waals surface area contributed by atoms with Gasteiger partial charge in [0.05, 0.1) is 46.2 Å². The van der Waals surface area contributed by atoms with Crippen LogP contribution in [0.25, 0.3) is 0 Å². The van der Waals surface area contributed by atoms with Crippen LogP contribution in [0.15, 0.2) is 0 Å². The maximum atomic E-state index is 12.7. The van der Waals surface area contributed by atoms with Crippen molar-refractivity contribution in [2.45, 2.75) is 473 Å². The first-order valence-corrected chi connectivity index (χ1v) is 52.8. The quantitative estimate of drug-likeness (QED) is 0.0722. The maximum Gasteiger partial charge on any atom is 0.472 e. The molecule has 11 N–H and O–H groups in total. The highest BCUT2D eigenvalue weighted by atomic mass is 31.2. The third-order valence-corrected chi connectivity index (χ3v) is 29.6. The Bertz CT molecular complexity index is 2570. The zero-order valence-electron chi connectivity index (χ0n) is 82.1. The summed E-state index contributed by atoms with van der Waals surface area (Å²) in [6.45, 7) is 39.1. The molecule has 0 aliphatic carbocycles. The molecular weight excluding hydrogens is 1590 g/mol. The van der Waals surface area contributed by atoms with E-state index in [0.29, 0.717) is 73.8 Å². The van der Waals surface area contributed by atoms with E-state index in [0.717, 1.165) is 98.7 Å². The van der Waals surface area contributed by atoms with E-state index in [-0.39, 0.29) is 26.4 Å². The molecule has 30 atom stereocenters. The van der Waals surface area contributed by atoms with Gasteiger partial charge in [-0.15, -0.1) is 0 Å². The largest absolute Gasteiger partial charge is 0.480 e. The van der Waals surface area contributed by atoms with E-state index in [4.69, 9.17) is 57.8 Å². The average molecular weight is 1790 g/mol. The van der Waals surface area contributed by atoms with E-state index in [1.54, 1.807) is 0 Å². The molecule has 3 fully saturated rings. The summed E-state index contributed by atoms with van der Waals surface area (Å²) in [5.41, 5.74) is 5.52. The van der Waals surface area contributed by atoms with Gasteiger partial charge in [-0.3, -0.25) is 13.8 Å². The van der Waals surface area contributed by atoms with Crippen LogP contribution >= 0.6 is 7.82 Å². The van der Waals surface area contributed by atoms with Crippen molar-refractivity contribution in [3.05, 3.63) is 0 Å². The highest BCUT2D eigenvalue weighted by molar-refractivity contribution is 7.47. The fraction of sp³-hybridized carbons (Fsp3) is 0.990. The molecule has 3 heterocycles. The summed E-state index contributed by atoms with van der Waals surface area (Å²) in [6.07, 6.45) is 38.4. The molecule has 738 valence electrons. The Morgan fingerprint density at radius 3 is 0.831 bits per heavy atom. The van der Waals surface area contributed by atoms with Crippen molar-refractivity contribution in [3.63, 3.8) is 0 Å². The summed E-state index contributed by atoms with van der Waals surface area (Å²) in [6, 6.07) is -1.45. The minimum atomic E-state index is -4.58. The number of ether oxygens (including phenoxy) is 8. The lowest BCUT2D eigenvalue weighted by Gasteiger charge is -2.42. The van der Waals surface area contributed by atoms with Gasteiger partial charge < -0.3 is 89.4 Å². The van der Waals surface area contributed by atoms with E-state index < -0.39 is 113 Å². The second kappa shape index (κ2) is 69.7. The number of aliphatic carboxylic acids is 1. The smallest absolute Gasteiger partial charge is 0.472 e. The fourth-order valence-corrected chi connectivity index (χ4v) is 19.4. The molecule has 3 aliphatic rings. The zero-order chi connectivity index (χ0) is 91.8. The monoisotopic (exact) mass is 1790 g/mol. The first-order valence-electron chi connectivity index (χ1n) is 51.3. The third-order valence-electron chi connectivity index (χ3n) is 28.6. The lowest BCUT2D eigenvalue weighted by molar-refractivity contribution is -0.333. The average Bonchev–Trinajstić information content (AvgIpc) is 0.804. The van der Waals surface area contributed by atoms with Crippen LogP contribution in [0.4, 0.5) is 0 Å². The van der Waals surface area contributed by atoms with Crippen molar-refractivity contribution >= 4 is 13.8 Å². The zero-order valence-corrected chi connectivity index (χ0v) is 83.0. The molecule has 0 saturated carbocycles. The summed E-state index contributed by atoms with van der Waals surface area (Å²) >= 11 is 0. The Morgan fingerprint density at radius 1 is 0.323 bits per heavy atom. The van der Waals surface area contributed by atoms with Crippen LogP contribution < -0.4 is 5.73 Å². The first-order chi connectivity index (χ1) is 59.0. The van der Waals surface area contributed by atoms with Gasteiger partial charge in [-0.25, -0.2) is 4.57 Å². The van der Waals surface area contributed by atoms with E-state index >= 15 is 0 Å². The number of aliphatic hydroxyl groups is 7. The van der Waals surface area contributed by atoms with Crippen LogP contribution in [0, 0.1) is 94.7 Å². The SMILES string of the molecule is CC1CCCC(C)CCCC(C)CCC(C)CCCC(C)CCCC(C)CCCC(C)CCOC(COP(=O)(O)OC[C@H](N)C(=O)O)COCCC(C)CCCC(C)CCCC(C)CCCC(C)CCC(C)CCCC(C)CCCC(C)CCCC(C)CCOC(CO[C@@H]2O[C@H](CO[C@@H]3O[C@H](CO)[C@@H](O)[C@H](O)[C@H]3O)[C@@H](O)[C@H](O)[C@H]2O)COCCC(C)CCC1. The lowest BCUT2D eigenvalue weighted by Crippen LogP contribution is -2.61. The van der Waals surface area contributed by atoms with E-state index in [1.165, 1.54) is 231 Å². The molecule has 124 heavy (non-hydrogen) atoms. The summed E-state index contributed by atoms with van der Waals surface area (Å²) in [5.74, 6) is 9.59. The number of hydrogen-bond donors (Lipinski definition) is 10. The van der Waals surface area contributed by atoms with Gasteiger partial charge in [0.1, 0.15) is 67.1 Å². The van der Waals surface area contributed by atoms with Crippen molar-refractivity contribution in [1.82, 2.24) is 0 Å². The standard InChI is InChI=1S/C101H198NO21P/c1-72-29-17-33-76(5)41-25-49-84(13)57-61-114-66-88(68-118-100-98(109)96(107)94(105)92(123-100)71-119-101-97(108)95(106)93(104)91(65-103)122-101)116-63-59-86(15)51-27-43-78(7)35-19-31-74(3)39-23-47-82(11)55-53-81(10)46-22-38-73(2)30-18-34-77(6)42-26-50-85(14)58-62-115-67-89(69-120-124(112,113)121-70-90(102)99(110)111)117-64-60-87(16)52-28-44-79(8)36-20-32-75(4)40-24-48-83(12)56-54-80(9)45-21-37-72/h72-98,100-101,103-109H,17-71,102H2,1-16H3,(H,110,111)(H,112,113)/t72?,73?,74?,75?,76?,77?,78?,79?,80?,81?,82?,83?,84?,85?,86?,87?,88?,89?,90-,91+,92+,93+,94+,95-,96-,97+,98+,100+,101+/m0/s1. The molecule has 23 heteroatoms. The highest BCUT2D eigenvalue weighted by Crippen LogP contribution is 2.44. The Balaban J connectivity index is 1.52. The number of rotatable bonds is 14. The first kappa shape index (κ1) is 117. The van der Waals surface area contributed by atoms with Gasteiger partial charge in [-0.05, 0) is 120 Å².